The lowest BCUT2D eigenvalue weighted by molar-refractivity contribution is 0.102. The van der Waals surface area contributed by atoms with E-state index in [1.807, 2.05) is 6.92 Å². The summed E-state index contributed by atoms with van der Waals surface area (Å²) in [5.41, 5.74) is 0.732. The fraction of sp³-hybridized carbons (Fsp3) is 0.350. The Morgan fingerprint density at radius 2 is 1.86 bits per heavy atom. The van der Waals surface area contributed by atoms with Crippen LogP contribution in [0.25, 0.3) is 0 Å². The van der Waals surface area contributed by atoms with Crippen molar-refractivity contribution >= 4 is 44.8 Å². The molecular weight excluding hydrogens is 419 g/mol. The van der Waals surface area contributed by atoms with Crippen LogP contribution in [-0.4, -0.2) is 31.2 Å². The maximum atomic E-state index is 13.0. The van der Waals surface area contributed by atoms with Gasteiger partial charge in [0, 0.05) is 23.3 Å². The van der Waals surface area contributed by atoms with Gasteiger partial charge in [0.15, 0.2) is 0 Å². The van der Waals surface area contributed by atoms with Crippen LogP contribution in [0.15, 0.2) is 47.4 Å². The van der Waals surface area contributed by atoms with Crippen LogP contribution in [0.4, 0.5) is 5.69 Å². The van der Waals surface area contributed by atoms with Gasteiger partial charge in [-0.25, -0.2) is 8.42 Å². The van der Waals surface area contributed by atoms with Gasteiger partial charge in [-0.3, -0.25) is 4.79 Å². The lowest BCUT2D eigenvalue weighted by Crippen LogP contribution is -2.43. The van der Waals surface area contributed by atoms with Crippen molar-refractivity contribution in [1.82, 2.24) is 4.31 Å². The van der Waals surface area contributed by atoms with Gasteiger partial charge < -0.3 is 5.32 Å². The van der Waals surface area contributed by atoms with Crippen LogP contribution in [0.2, 0.25) is 10.0 Å². The molecule has 1 fully saturated rings. The number of carbonyl (C=O) groups is 1. The molecule has 1 atom stereocenters. The molecule has 3 rings (SSSR count). The normalized spacial score (nSPS) is 18.0. The van der Waals surface area contributed by atoms with Gasteiger partial charge in [0.1, 0.15) is 0 Å². The average Bonchev–Trinajstić information content (AvgIpc) is 2.70. The van der Waals surface area contributed by atoms with Gasteiger partial charge in [0.25, 0.3) is 5.91 Å². The summed E-state index contributed by atoms with van der Waals surface area (Å²) >= 11 is 12.0. The van der Waals surface area contributed by atoms with Gasteiger partial charge >= 0.3 is 0 Å². The minimum Gasteiger partial charge on any atom is -0.322 e. The predicted octanol–water partition coefficient (Wildman–Crippen LogP) is 5.20. The second kappa shape index (κ2) is 8.82. The van der Waals surface area contributed by atoms with Crippen molar-refractivity contribution in [2.75, 3.05) is 11.9 Å². The number of benzene rings is 2. The highest BCUT2D eigenvalue weighted by Gasteiger charge is 2.32. The number of amides is 1. The quantitative estimate of drug-likeness (QED) is 0.694. The molecule has 8 heteroatoms. The molecule has 1 N–H and O–H groups in total. The molecule has 1 saturated heterocycles. The number of piperidine rings is 1. The molecule has 1 aliphatic rings. The Morgan fingerprint density at radius 1 is 1.14 bits per heavy atom. The van der Waals surface area contributed by atoms with Crippen LogP contribution in [-0.2, 0) is 10.0 Å². The highest BCUT2D eigenvalue weighted by molar-refractivity contribution is 7.89. The Labute approximate surface area is 175 Å². The first-order chi connectivity index (χ1) is 13.3. The molecule has 5 nitrogen and oxygen atoms in total. The van der Waals surface area contributed by atoms with Gasteiger partial charge in [0.2, 0.25) is 10.0 Å². The third kappa shape index (κ3) is 4.51. The Balaban J connectivity index is 1.77. The Hall–Kier alpha value is -1.60. The highest BCUT2D eigenvalue weighted by atomic mass is 35.5. The van der Waals surface area contributed by atoms with Gasteiger partial charge in [-0.05, 0) is 61.7 Å². The molecule has 0 radical (unpaired) electrons. The standard InChI is InChI=1S/C20H22Cl2N2O3S/c1-2-16-5-3-4-12-24(16)28(26,27)17-9-7-15(8-10-17)23-20(25)18-13-14(21)6-11-19(18)22/h6-11,13,16H,2-5,12H2,1H3,(H,23,25)/t16-/m0/s1. The highest BCUT2D eigenvalue weighted by Crippen LogP contribution is 2.28. The number of hydrogen-bond donors (Lipinski definition) is 1. The van der Waals surface area contributed by atoms with Crippen LogP contribution in [0.1, 0.15) is 43.0 Å². The van der Waals surface area contributed by atoms with Crippen molar-refractivity contribution in [3.63, 3.8) is 0 Å². The van der Waals surface area contributed by atoms with Crippen molar-refractivity contribution < 1.29 is 13.2 Å². The zero-order valence-electron chi connectivity index (χ0n) is 15.5. The number of rotatable bonds is 5. The predicted molar refractivity (Wildman–Crippen MR) is 113 cm³/mol. The topological polar surface area (TPSA) is 66.5 Å². The molecule has 0 bridgehead atoms. The molecule has 1 amide bonds. The summed E-state index contributed by atoms with van der Waals surface area (Å²) < 4.78 is 27.6. The van der Waals surface area contributed by atoms with E-state index < -0.39 is 15.9 Å². The summed E-state index contributed by atoms with van der Waals surface area (Å²) in [6.07, 6.45) is 3.63. The van der Waals surface area contributed by atoms with Gasteiger partial charge in [0.05, 0.1) is 15.5 Å². The first kappa shape index (κ1) is 21.1. The maximum absolute atomic E-state index is 13.0. The first-order valence-corrected chi connectivity index (χ1v) is 11.4. The molecule has 0 aliphatic carbocycles. The summed E-state index contributed by atoms with van der Waals surface area (Å²) in [4.78, 5) is 12.6. The molecule has 0 spiro atoms. The Bertz CT molecular complexity index is 962. The van der Waals surface area contributed by atoms with Crippen LogP contribution in [0.3, 0.4) is 0 Å². The Morgan fingerprint density at radius 3 is 2.54 bits per heavy atom. The fourth-order valence-electron chi connectivity index (χ4n) is 3.41. The monoisotopic (exact) mass is 440 g/mol. The van der Waals surface area contributed by atoms with E-state index in [1.54, 1.807) is 28.6 Å². The Kier molecular flexibility index (Phi) is 6.65. The van der Waals surface area contributed by atoms with Crippen LogP contribution in [0.5, 0.6) is 0 Å². The summed E-state index contributed by atoms with van der Waals surface area (Å²) in [5, 5.41) is 3.41. The molecule has 1 aliphatic heterocycles. The van der Waals surface area contributed by atoms with E-state index in [9.17, 15) is 13.2 Å². The van der Waals surface area contributed by atoms with Crippen LogP contribution in [0, 0.1) is 0 Å². The van der Waals surface area contributed by atoms with E-state index >= 15 is 0 Å². The lowest BCUT2D eigenvalue weighted by Gasteiger charge is -2.34. The van der Waals surface area contributed by atoms with Crippen molar-refractivity contribution in [3.8, 4) is 0 Å². The molecule has 0 aromatic heterocycles. The lowest BCUT2D eigenvalue weighted by atomic mass is 10.0. The van der Waals surface area contributed by atoms with Gasteiger partial charge in [-0.1, -0.05) is 36.5 Å². The third-order valence-electron chi connectivity index (χ3n) is 4.94. The van der Waals surface area contributed by atoms with E-state index in [-0.39, 0.29) is 21.5 Å². The molecule has 1 heterocycles. The van der Waals surface area contributed by atoms with Crippen LogP contribution < -0.4 is 5.32 Å². The second-order valence-corrected chi connectivity index (χ2v) is 9.51. The molecule has 28 heavy (non-hydrogen) atoms. The largest absolute Gasteiger partial charge is 0.322 e. The molecular formula is C20H22Cl2N2O3S. The molecule has 0 unspecified atom stereocenters. The van der Waals surface area contributed by atoms with Crippen molar-refractivity contribution in [2.24, 2.45) is 0 Å². The zero-order chi connectivity index (χ0) is 20.3. The summed E-state index contributed by atoms with van der Waals surface area (Å²) in [7, 11) is -3.55. The number of sulfonamides is 1. The number of carbonyl (C=O) groups excluding carboxylic acids is 1. The molecule has 0 saturated carbocycles. The number of halogens is 2. The van der Waals surface area contributed by atoms with E-state index in [2.05, 4.69) is 5.32 Å². The average molecular weight is 441 g/mol. The van der Waals surface area contributed by atoms with E-state index in [4.69, 9.17) is 23.2 Å². The number of hydrogen-bond acceptors (Lipinski definition) is 3. The smallest absolute Gasteiger partial charge is 0.257 e. The minimum atomic E-state index is -3.55. The number of nitrogens with one attached hydrogen (secondary N) is 1. The SMILES string of the molecule is CC[C@H]1CCCCN1S(=O)(=O)c1ccc(NC(=O)c2cc(Cl)ccc2Cl)cc1. The third-order valence-corrected chi connectivity index (χ3v) is 7.47. The molecule has 2 aromatic carbocycles. The minimum absolute atomic E-state index is 0.0445. The van der Waals surface area contributed by atoms with E-state index in [0.717, 1.165) is 25.7 Å². The molecule has 2 aromatic rings. The summed E-state index contributed by atoms with van der Waals surface area (Å²) in [6.45, 7) is 2.56. The number of anilines is 1. The second-order valence-electron chi connectivity index (χ2n) is 6.78. The van der Waals surface area contributed by atoms with Gasteiger partial charge in [-0.2, -0.15) is 4.31 Å². The van der Waals surface area contributed by atoms with E-state index in [1.165, 1.54) is 18.2 Å². The summed E-state index contributed by atoms with van der Waals surface area (Å²) in [5.74, 6) is -0.412. The van der Waals surface area contributed by atoms with Crippen molar-refractivity contribution in [2.45, 2.75) is 43.5 Å². The van der Waals surface area contributed by atoms with Crippen LogP contribution >= 0.6 is 23.2 Å². The molecule has 150 valence electrons. The fourth-order valence-corrected chi connectivity index (χ4v) is 5.56. The zero-order valence-corrected chi connectivity index (χ0v) is 17.8. The summed E-state index contributed by atoms with van der Waals surface area (Å²) in [6, 6.07) is 10.9. The van der Waals surface area contributed by atoms with Gasteiger partial charge in [-0.15, -0.1) is 0 Å². The van der Waals surface area contributed by atoms with Crippen molar-refractivity contribution in [3.05, 3.63) is 58.1 Å². The number of nitrogens with zero attached hydrogens (tertiary/aromatic N) is 1. The van der Waals surface area contributed by atoms with Crippen molar-refractivity contribution in [1.29, 1.82) is 0 Å². The van der Waals surface area contributed by atoms with E-state index in [0.29, 0.717) is 17.3 Å². The maximum Gasteiger partial charge on any atom is 0.257 e. The first-order valence-electron chi connectivity index (χ1n) is 9.21.